The second kappa shape index (κ2) is 5.18. The summed E-state index contributed by atoms with van der Waals surface area (Å²) in [5.74, 6) is 0. The maximum Gasteiger partial charge on any atom is 0.0858 e. The van der Waals surface area contributed by atoms with Crippen LogP contribution >= 0.6 is 11.3 Å². The lowest BCUT2D eigenvalue weighted by Gasteiger charge is -2.12. The van der Waals surface area contributed by atoms with Gasteiger partial charge in [-0.2, -0.15) is 0 Å². The van der Waals surface area contributed by atoms with Gasteiger partial charge in [0.25, 0.3) is 0 Å². The van der Waals surface area contributed by atoms with Crippen LogP contribution < -0.4 is 5.32 Å². The normalized spacial score (nSPS) is 12.6. The Hall–Kier alpha value is -1.26. The fraction of sp³-hybridized carbons (Fsp3) is 0.333. The number of rotatable bonds is 4. The molecule has 0 saturated heterocycles. The molecule has 2 aromatic rings. The molecule has 0 aliphatic rings. The van der Waals surface area contributed by atoms with Crippen LogP contribution in [0.2, 0.25) is 0 Å². The van der Waals surface area contributed by atoms with Gasteiger partial charge in [0.1, 0.15) is 0 Å². The summed E-state index contributed by atoms with van der Waals surface area (Å²) in [6, 6.07) is 4.50. The van der Waals surface area contributed by atoms with Crippen molar-refractivity contribution in [3.8, 4) is 0 Å². The van der Waals surface area contributed by atoms with Crippen molar-refractivity contribution in [1.29, 1.82) is 0 Å². The molecule has 16 heavy (non-hydrogen) atoms. The Morgan fingerprint density at radius 2 is 2.25 bits per heavy atom. The first kappa shape index (κ1) is 11.2. The van der Waals surface area contributed by atoms with Crippen LogP contribution in [0.1, 0.15) is 28.4 Å². The first-order chi connectivity index (χ1) is 7.85. The van der Waals surface area contributed by atoms with Gasteiger partial charge in [-0.05, 0) is 25.6 Å². The monoisotopic (exact) mass is 233 g/mol. The fourth-order valence-corrected chi connectivity index (χ4v) is 2.71. The zero-order chi connectivity index (χ0) is 11.4. The topological polar surface area (TPSA) is 37.8 Å². The fourth-order valence-electron chi connectivity index (χ4n) is 1.64. The van der Waals surface area contributed by atoms with Crippen molar-refractivity contribution in [2.24, 2.45) is 0 Å². The molecule has 84 valence electrons. The van der Waals surface area contributed by atoms with Crippen LogP contribution in [0.5, 0.6) is 0 Å². The van der Waals surface area contributed by atoms with E-state index < -0.39 is 0 Å². The minimum absolute atomic E-state index is 0.152. The van der Waals surface area contributed by atoms with Crippen molar-refractivity contribution in [2.75, 3.05) is 7.05 Å². The highest BCUT2D eigenvalue weighted by molar-refractivity contribution is 7.12. The van der Waals surface area contributed by atoms with Gasteiger partial charge in [-0.1, -0.05) is 6.92 Å². The van der Waals surface area contributed by atoms with E-state index in [2.05, 4.69) is 34.3 Å². The third kappa shape index (κ3) is 2.28. The van der Waals surface area contributed by atoms with Gasteiger partial charge in [0.2, 0.25) is 0 Å². The van der Waals surface area contributed by atoms with E-state index in [0.717, 1.165) is 12.1 Å². The second-order valence-corrected chi connectivity index (χ2v) is 4.71. The van der Waals surface area contributed by atoms with Crippen LogP contribution in [-0.4, -0.2) is 17.0 Å². The molecule has 3 nitrogen and oxygen atoms in total. The van der Waals surface area contributed by atoms with Gasteiger partial charge in [0, 0.05) is 22.1 Å². The van der Waals surface area contributed by atoms with E-state index >= 15 is 0 Å². The highest BCUT2D eigenvalue weighted by atomic mass is 32.1. The summed E-state index contributed by atoms with van der Waals surface area (Å²) >= 11 is 1.83. The molecule has 0 amide bonds. The molecular weight excluding hydrogens is 218 g/mol. The average molecular weight is 233 g/mol. The third-order valence-corrected chi connectivity index (χ3v) is 3.78. The Morgan fingerprint density at radius 1 is 1.38 bits per heavy atom. The maximum absolute atomic E-state index is 4.34. The molecule has 0 bridgehead atoms. The smallest absolute Gasteiger partial charge is 0.0858 e. The third-order valence-electron chi connectivity index (χ3n) is 2.48. The second-order valence-electron chi connectivity index (χ2n) is 3.51. The van der Waals surface area contributed by atoms with Gasteiger partial charge in [-0.3, -0.25) is 9.97 Å². The molecule has 1 atom stereocenters. The van der Waals surface area contributed by atoms with Crippen LogP contribution in [0.3, 0.4) is 0 Å². The largest absolute Gasteiger partial charge is 0.307 e. The number of hydrogen-bond donors (Lipinski definition) is 1. The molecule has 0 radical (unpaired) electrons. The molecule has 0 fully saturated rings. The maximum atomic E-state index is 4.34. The lowest BCUT2D eigenvalue weighted by atomic mass is 10.2. The van der Waals surface area contributed by atoms with E-state index in [1.54, 1.807) is 12.4 Å². The summed E-state index contributed by atoms with van der Waals surface area (Å²) in [6.07, 6.45) is 6.32. The Balaban J connectivity index is 2.29. The van der Waals surface area contributed by atoms with Crippen LogP contribution in [-0.2, 0) is 6.42 Å². The van der Waals surface area contributed by atoms with Crippen molar-refractivity contribution in [1.82, 2.24) is 15.3 Å². The first-order valence-electron chi connectivity index (χ1n) is 5.37. The molecular formula is C12H15N3S. The number of aryl methyl sites for hydroxylation is 1. The van der Waals surface area contributed by atoms with Crippen molar-refractivity contribution in [3.63, 3.8) is 0 Å². The van der Waals surface area contributed by atoms with E-state index in [4.69, 9.17) is 0 Å². The molecule has 0 saturated carbocycles. The summed E-state index contributed by atoms with van der Waals surface area (Å²) in [5.41, 5.74) is 0.967. The van der Waals surface area contributed by atoms with Crippen LogP contribution in [0, 0.1) is 0 Å². The zero-order valence-corrected chi connectivity index (χ0v) is 10.3. The SMILES string of the molecule is CCc1ccc(C(NC)c2cnccn2)s1. The van der Waals surface area contributed by atoms with Crippen LogP contribution in [0.15, 0.2) is 30.7 Å². The number of aromatic nitrogens is 2. The predicted molar refractivity (Wildman–Crippen MR) is 66.6 cm³/mol. The molecule has 0 aromatic carbocycles. The van der Waals surface area contributed by atoms with Gasteiger partial charge in [0.15, 0.2) is 0 Å². The molecule has 1 N–H and O–H groups in total. The average Bonchev–Trinajstić information content (AvgIpc) is 2.80. The molecule has 0 aliphatic heterocycles. The van der Waals surface area contributed by atoms with Crippen molar-refractivity contribution >= 4 is 11.3 Å². The number of thiophene rings is 1. The Bertz CT molecular complexity index is 439. The molecule has 2 heterocycles. The van der Waals surface area contributed by atoms with Crippen molar-refractivity contribution in [3.05, 3.63) is 46.2 Å². The van der Waals surface area contributed by atoms with Gasteiger partial charge < -0.3 is 5.32 Å². The quantitative estimate of drug-likeness (QED) is 0.881. The Morgan fingerprint density at radius 3 is 2.81 bits per heavy atom. The lowest BCUT2D eigenvalue weighted by Crippen LogP contribution is -2.17. The number of nitrogens with zero attached hydrogens (tertiary/aromatic N) is 2. The minimum Gasteiger partial charge on any atom is -0.307 e. The van der Waals surface area contributed by atoms with Gasteiger partial charge in [-0.25, -0.2) is 0 Å². The summed E-state index contributed by atoms with van der Waals surface area (Å²) in [6.45, 7) is 2.17. The molecule has 2 aromatic heterocycles. The highest BCUT2D eigenvalue weighted by Gasteiger charge is 2.15. The molecule has 1 unspecified atom stereocenters. The zero-order valence-electron chi connectivity index (χ0n) is 9.47. The van der Waals surface area contributed by atoms with E-state index in [9.17, 15) is 0 Å². The Kier molecular flexibility index (Phi) is 3.64. The predicted octanol–water partition coefficient (Wildman–Crippen LogP) is 2.41. The van der Waals surface area contributed by atoms with Crippen molar-refractivity contribution < 1.29 is 0 Å². The summed E-state index contributed by atoms with van der Waals surface area (Å²) < 4.78 is 0. The van der Waals surface area contributed by atoms with Crippen molar-refractivity contribution in [2.45, 2.75) is 19.4 Å². The molecule has 4 heteroatoms. The number of nitrogens with one attached hydrogen (secondary N) is 1. The van der Waals surface area contributed by atoms with E-state index in [1.807, 2.05) is 24.6 Å². The minimum atomic E-state index is 0.152. The first-order valence-corrected chi connectivity index (χ1v) is 6.18. The van der Waals surface area contributed by atoms with E-state index in [-0.39, 0.29) is 6.04 Å². The lowest BCUT2D eigenvalue weighted by molar-refractivity contribution is 0.678. The molecule has 0 aliphatic carbocycles. The van der Waals surface area contributed by atoms with Crippen LogP contribution in [0.4, 0.5) is 0 Å². The number of hydrogen-bond acceptors (Lipinski definition) is 4. The van der Waals surface area contributed by atoms with Gasteiger partial charge in [0.05, 0.1) is 17.9 Å². The Labute approximate surface area is 99.6 Å². The van der Waals surface area contributed by atoms with E-state index in [0.29, 0.717) is 0 Å². The highest BCUT2D eigenvalue weighted by Crippen LogP contribution is 2.27. The van der Waals surface area contributed by atoms with Gasteiger partial charge in [-0.15, -0.1) is 11.3 Å². The summed E-state index contributed by atoms with van der Waals surface area (Å²) in [7, 11) is 1.95. The molecule has 0 spiro atoms. The standard InChI is InChI=1S/C12H15N3S/c1-3-9-4-5-11(16-9)12(13-2)10-8-14-6-7-15-10/h4-8,12-13H,3H2,1-2H3. The van der Waals surface area contributed by atoms with Gasteiger partial charge >= 0.3 is 0 Å². The summed E-state index contributed by atoms with van der Waals surface area (Å²) in [5, 5.41) is 3.28. The van der Waals surface area contributed by atoms with E-state index in [1.165, 1.54) is 9.75 Å². The van der Waals surface area contributed by atoms with Crippen LogP contribution in [0.25, 0.3) is 0 Å². The molecule has 2 rings (SSSR count). The summed E-state index contributed by atoms with van der Waals surface area (Å²) in [4.78, 5) is 11.1.